The van der Waals surface area contributed by atoms with Crippen LogP contribution < -0.4 is 0 Å². The summed E-state index contributed by atoms with van der Waals surface area (Å²) in [5, 5.41) is 9.01. The van der Waals surface area contributed by atoms with Crippen LogP contribution in [-0.4, -0.2) is 31.1 Å². The second-order valence-corrected chi connectivity index (χ2v) is 3.83. The lowest BCUT2D eigenvalue weighted by atomic mass is 9.93. The second-order valence-electron chi connectivity index (χ2n) is 3.83. The van der Waals surface area contributed by atoms with Gasteiger partial charge < -0.3 is 14.6 Å². The summed E-state index contributed by atoms with van der Waals surface area (Å²) >= 11 is 0. The van der Waals surface area contributed by atoms with Crippen LogP contribution >= 0.6 is 0 Å². The molecule has 2 aliphatic rings. The van der Waals surface area contributed by atoms with Gasteiger partial charge in [-0.05, 0) is 6.42 Å². The third-order valence-corrected chi connectivity index (χ3v) is 3.43. The monoisotopic (exact) mass is 198 g/mol. The number of fused-ring (bicyclic) bond motifs is 2. The van der Waals surface area contributed by atoms with E-state index in [-0.39, 0.29) is 17.8 Å². The topological polar surface area (TPSA) is 55.8 Å². The molecule has 0 aromatic heterocycles. The molecular formula is C10H14O4. The summed E-state index contributed by atoms with van der Waals surface area (Å²) in [5.41, 5.74) is 0. The standard InChI is InChI=1S/C10H14O4/c1-13-10(14-2)6-3-4-8(10)7(5-6)9(11)12/h3-4,6-8H,5H2,1-2H3,(H,11,12)/t6-,7+,8+/m1/s1. The van der Waals surface area contributed by atoms with Crippen molar-refractivity contribution in [2.24, 2.45) is 17.8 Å². The number of rotatable bonds is 3. The van der Waals surface area contributed by atoms with Gasteiger partial charge in [-0.1, -0.05) is 12.2 Å². The largest absolute Gasteiger partial charge is 0.481 e. The van der Waals surface area contributed by atoms with Crippen molar-refractivity contribution >= 4 is 5.97 Å². The Morgan fingerprint density at radius 2 is 2.07 bits per heavy atom. The summed E-state index contributed by atoms with van der Waals surface area (Å²) in [6.07, 6.45) is 4.51. The Morgan fingerprint density at radius 1 is 1.43 bits per heavy atom. The molecule has 0 amide bonds. The Balaban J connectivity index is 2.30. The van der Waals surface area contributed by atoms with Crippen molar-refractivity contribution < 1.29 is 19.4 Å². The van der Waals surface area contributed by atoms with E-state index in [1.807, 2.05) is 12.2 Å². The van der Waals surface area contributed by atoms with Crippen molar-refractivity contribution in [1.82, 2.24) is 0 Å². The number of carboxylic acids is 1. The molecule has 0 aromatic rings. The van der Waals surface area contributed by atoms with Crippen LogP contribution in [-0.2, 0) is 14.3 Å². The minimum Gasteiger partial charge on any atom is -0.481 e. The van der Waals surface area contributed by atoms with Gasteiger partial charge in [-0.25, -0.2) is 0 Å². The molecular weight excluding hydrogens is 184 g/mol. The Kier molecular flexibility index (Phi) is 2.12. The maximum absolute atomic E-state index is 11.0. The molecule has 14 heavy (non-hydrogen) atoms. The number of carboxylic acid groups (broad SMARTS) is 1. The van der Waals surface area contributed by atoms with Gasteiger partial charge in [-0.3, -0.25) is 4.79 Å². The van der Waals surface area contributed by atoms with Crippen LogP contribution in [0, 0.1) is 17.8 Å². The first-order valence-corrected chi connectivity index (χ1v) is 4.67. The lowest BCUT2D eigenvalue weighted by Crippen LogP contribution is -2.41. The van der Waals surface area contributed by atoms with Crippen molar-refractivity contribution in [1.29, 1.82) is 0 Å². The highest BCUT2D eigenvalue weighted by atomic mass is 16.7. The highest BCUT2D eigenvalue weighted by Crippen LogP contribution is 2.53. The van der Waals surface area contributed by atoms with Crippen LogP contribution in [0.2, 0.25) is 0 Å². The molecule has 0 unspecified atom stereocenters. The maximum Gasteiger partial charge on any atom is 0.307 e. The summed E-state index contributed by atoms with van der Waals surface area (Å²) in [6.45, 7) is 0. The van der Waals surface area contributed by atoms with E-state index in [1.54, 1.807) is 14.2 Å². The molecule has 1 N–H and O–H groups in total. The van der Waals surface area contributed by atoms with Crippen LogP contribution in [0.1, 0.15) is 6.42 Å². The predicted octanol–water partition coefficient (Wildman–Crippen LogP) is 0.882. The summed E-state index contributed by atoms with van der Waals surface area (Å²) in [7, 11) is 3.14. The van der Waals surface area contributed by atoms with Gasteiger partial charge in [0.15, 0.2) is 5.79 Å². The molecule has 1 saturated carbocycles. The number of aliphatic carboxylic acids is 1. The molecule has 78 valence electrons. The third kappa shape index (κ3) is 0.980. The zero-order valence-electron chi connectivity index (χ0n) is 8.27. The summed E-state index contributed by atoms with van der Waals surface area (Å²) < 4.78 is 10.7. The van der Waals surface area contributed by atoms with Crippen LogP contribution in [0.25, 0.3) is 0 Å². The quantitative estimate of drug-likeness (QED) is 0.540. The molecule has 0 radical (unpaired) electrons. The number of carbonyl (C=O) groups is 1. The van der Waals surface area contributed by atoms with Gasteiger partial charge in [0.25, 0.3) is 0 Å². The molecule has 0 spiro atoms. The molecule has 2 aliphatic carbocycles. The maximum atomic E-state index is 11.0. The first-order chi connectivity index (χ1) is 6.65. The van der Waals surface area contributed by atoms with Crippen LogP contribution in [0.3, 0.4) is 0 Å². The van der Waals surface area contributed by atoms with E-state index >= 15 is 0 Å². The smallest absolute Gasteiger partial charge is 0.307 e. The van der Waals surface area contributed by atoms with Crippen LogP contribution in [0.15, 0.2) is 12.2 Å². The van der Waals surface area contributed by atoms with Crippen LogP contribution in [0.4, 0.5) is 0 Å². The summed E-state index contributed by atoms with van der Waals surface area (Å²) in [6, 6.07) is 0. The van der Waals surface area contributed by atoms with E-state index in [4.69, 9.17) is 14.6 Å². The van der Waals surface area contributed by atoms with Gasteiger partial charge in [0.05, 0.1) is 5.92 Å². The van der Waals surface area contributed by atoms with Gasteiger partial charge >= 0.3 is 5.97 Å². The number of methoxy groups -OCH3 is 2. The minimum absolute atomic E-state index is 0.0728. The van der Waals surface area contributed by atoms with E-state index in [1.165, 1.54) is 0 Å². The zero-order chi connectivity index (χ0) is 10.3. The van der Waals surface area contributed by atoms with Crippen molar-refractivity contribution in [3.05, 3.63) is 12.2 Å². The third-order valence-electron chi connectivity index (χ3n) is 3.43. The summed E-state index contributed by atoms with van der Waals surface area (Å²) in [5.74, 6) is -1.95. The molecule has 2 rings (SSSR count). The van der Waals surface area contributed by atoms with E-state index in [0.717, 1.165) is 0 Å². The fraction of sp³-hybridized carbons (Fsp3) is 0.700. The highest BCUT2D eigenvalue weighted by molar-refractivity contribution is 5.72. The molecule has 1 fully saturated rings. The zero-order valence-corrected chi connectivity index (χ0v) is 8.27. The number of hydrogen-bond acceptors (Lipinski definition) is 3. The Morgan fingerprint density at radius 3 is 2.43 bits per heavy atom. The van der Waals surface area contributed by atoms with E-state index < -0.39 is 11.8 Å². The highest BCUT2D eigenvalue weighted by Gasteiger charge is 2.59. The molecule has 0 aromatic carbocycles. The SMILES string of the molecule is COC1(OC)[C@@H]2C=C[C@H]1[C@@H](C(=O)O)C2. The van der Waals surface area contributed by atoms with Gasteiger partial charge in [-0.2, -0.15) is 0 Å². The van der Waals surface area contributed by atoms with Crippen molar-refractivity contribution in [2.45, 2.75) is 12.2 Å². The lowest BCUT2D eigenvalue weighted by molar-refractivity contribution is -0.232. The summed E-state index contributed by atoms with van der Waals surface area (Å²) in [4.78, 5) is 11.0. The molecule has 4 heteroatoms. The normalized spacial score (nSPS) is 37.7. The van der Waals surface area contributed by atoms with Gasteiger partial charge in [-0.15, -0.1) is 0 Å². The first kappa shape index (κ1) is 9.68. The van der Waals surface area contributed by atoms with E-state index in [9.17, 15) is 4.79 Å². The van der Waals surface area contributed by atoms with E-state index in [0.29, 0.717) is 6.42 Å². The van der Waals surface area contributed by atoms with Gasteiger partial charge in [0.2, 0.25) is 0 Å². The second kappa shape index (κ2) is 3.07. The van der Waals surface area contributed by atoms with Gasteiger partial charge in [0, 0.05) is 26.1 Å². The average molecular weight is 198 g/mol. The van der Waals surface area contributed by atoms with Crippen molar-refractivity contribution in [3.63, 3.8) is 0 Å². The number of hydrogen-bond donors (Lipinski definition) is 1. The fourth-order valence-corrected chi connectivity index (χ4v) is 2.76. The molecule has 2 bridgehead atoms. The molecule has 3 atom stereocenters. The van der Waals surface area contributed by atoms with Gasteiger partial charge in [0.1, 0.15) is 0 Å². The van der Waals surface area contributed by atoms with Crippen LogP contribution in [0.5, 0.6) is 0 Å². The molecule has 4 nitrogen and oxygen atoms in total. The average Bonchev–Trinajstić information content (AvgIpc) is 2.69. The molecule has 0 saturated heterocycles. The first-order valence-electron chi connectivity index (χ1n) is 4.67. The van der Waals surface area contributed by atoms with Crippen molar-refractivity contribution in [2.75, 3.05) is 14.2 Å². The van der Waals surface area contributed by atoms with Crippen molar-refractivity contribution in [3.8, 4) is 0 Å². The lowest BCUT2D eigenvalue weighted by Gasteiger charge is -2.31. The van der Waals surface area contributed by atoms with E-state index in [2.05, 4.69) is 0 Å². The number of ether oxygens (including phenoxy) is 2. The minimum atomic E-state index is -0.764. The molecule has 0 heterocycles. The molecule has 0 aliphatic heterocycles. The Hall–Kier alpha value is -0.870. The Bertz CT molecular complexity index is 280. The fourth-order valence-electron chi connectivity index (χ4n) is 2.76. The Labute approximate surface area is 82.5 Å². The predicted molar refractivity (Wildman–Crippen MR) is 48.6 cm³/mol.